The minimum atomic E-state index is -1.17. The second kappa shape index (κ2) is 9.07. The van der Waals surface area contributed by atoms with E-state index in [9.17, 15) is 0 Å². The Bertz CT molecular complexity index is 346. The van der Waals surface area contributed by atoms with Gasteiger partial charge in [0.1, 0.15) is 0 Å². The molecule has 1 aliphatic carbocycles. The first kappa shape index (κ1) is 22.2. The predicted molar refractivity (Wildman–Crippen MR) is 92.0 cm³/mol. The van der Waals surface area contributed by atoms with Crippen LogP contribution in [-0.2, 0) is 17.4 Å². The van der Waals surface area contributed by atoms with Gasteiger partial charge in [-0.1, -0.05) is 0 Å². The van der Waals surface area contributed by atoms with E-state index >= 15 is 0 Å². The summed E-state index contributed by atoms with van der Waals surface area (Å²) in [6.45, 7) is 16.0. The molecule has 0 aromatic carbocycles. The van der Waals surface area contributed by atoms with Gasteiger partial charge in [-0.3, -0.25) is 0 Å². The molecular formula is C14H30Cl2NSiTi. The molecule has 0 aromatic rings. The monoisotopic (exact) mass is 358 g/mol. The zero-order valence-corrected chi connectivity index (χ0v) is 17.7. The standard InChI is InChI=1S/C8H11.C4H10N.C2H7Si.2ClH.Ti/c1-3-8-6-4-5-7(8)2;1-4(2,3)5;1-3-2;;;/h6H,3,5H2,1-2H3;5H,1-3H3;3H,1-2H3;2*1H;/q;-1;;;;+1. The number of rotatable bonds is 4. The number of halogens is 2. The second-order valence-electron chi connectivity index (χ2n) is 6.45. The predicted octanol–water partition coefficient (Wildman–Crippen LogP) is 4.75. The van der Waals surface area contributed by atoms with Crippen molar-refractivity contribution in [3.8, 4) is 0 Å². The molecule has 0 unspecified atom stereocenters. The van der Waals surface area contributed by atoms with E-state index in [4.69, 9.17) is 0 Å². The molecule has 1 N–H and O–H groups in total. The van der Waals surface area contributed by atoms with Gasteiger partial charge in [0.15, 0.2) is 0 Å². The van der Waals surface area contributed by atoms with Crippen LogP contribution in [0.25, 0.3) is 0 Å². The zero-order valence-electron chi connectivity index (χ0n) is 13.4. The molecule has 0 radical (unpaired) electrons. The summed E-state index contributed by atoms with van der Waals surface area (Å²) in [7, 11) is 0. The molecule has 0 fully saturated rings. The Kier molecular flexibility index (Phi) is 10.6. The van der Waals surface area contributed by atoms with Crippen LogP contribution in [0.5, 0.6) is 0 Å². The van der Waals surface area contributed by atoms with Crippen molar-refractivity contribution in [2.24, 2.45) is 0 Å². The van der Waals surface area contributed by atoms with Gasteiger partial charge in [-0.25, -0.2) is 0 Å². The van der Waals surface area contributed by atoms with Gasteiger partial charge in [0.25, 0.3) is 0 Å². The Hall–Kier alpha value is 0.951. The van der Waals surface area contributed by atoms with Crippen molar-refractivity contribution < 1.29 is 17.4 Å². The van der Waals surface area contributed by atoms with Crippen LogP contribution < -0.4 is 3.80 Å². The molecule has 0 aromatic heterocycles. The van der Waals surface area contributed by atoms with Gasteiger partial charge in [-0.15, -0.1) is 24.8 Å². The number of hydrogen-bond acceptors (Lipinski definition) is 1. The van der Waals surface area contributed by atoms with Crippen molar-refractivity contribution in [1.29, 1.82) is 0 Å². The van der Waals surface area contributed by atoms with E-state index in [0.29, 0.717) is 0 Å². The molecule has 0 aliphatic heterocycles. The van der Waals surface area contributed by atoms with Crippen molar-refractivity contribution in [3.63, 3.8) is 0 Å². The molecule has 0 spiro atoms. The average Bonchev–Trinajstić information content (AvgIpc) is 2.54. The van der Waals surface area contributed by atoms with E-state index in [1.165, 1.54) is 12.8 Å². The maximum Gasteiger partial charge on any atom is -0.147 e. The van der Waals surface area contributed by atoms with Crippen LogP contribution in [0.3, 0.4) is 0 Å². The first-order valence-corrected chi connectivity index (χ1v) is 13.9. The first-order valence-electron chi connectivity index (χ1n) is 6.79. The Labute approximate surface area is 139 Å². The van der Waals surface area contributed by atoms with E-state index in [-0.39, 0.29) is 30.4 Å². The molecule has 0 atom stereocenters. The smallest absolute Gasteiger partial charge is 0.147 e. The second-order valence-corrected chi connectivity index (χ2v) is 19.2. The topological polar surface area (TPSA) is 12.0 Å². The van der Waals surface area contributed by atoms with E-state index in [1.54, 1.807) is 15.0 Å². The van der Waals surface area contributed by atoms with Crippen molar-refractivity contribution in [2.75, 3.05) is 0 Å². The van der Waals surface area contributed by atoms with Crippen LogP contribution in [0.4, 0.5) is 0 Å². The fraction of sp³-hybridized carbons (Fsp3) is 0.714. The molecule has 1 nitrogen and oxygen atoms in total. The van der Waals surface area contributed by atoms with E-state index < -0.39 is 24.0 Å². The summed E-state index contributed by atoms with van der Waals surface area (Å²) in [5, 5.41) is 0. The number of allylic oxidation sites excluding steroid dienone is 4. The third-order valence-electron chi connectivity index (χ3n) is 3.17. The van der Waals surface area contributed by atoms with Crippen LogP contribution in [0.15, 0.2) is 21.1 Å². The molecule has 0 amide bonds. The maximum absolute atomic E-state index is 4.00. The molecule has 113 valence electrons. The number of hydrogen-bond donors (Lipinski definition) is 1. The largest absolute Gasteiger partial charge is 0.147 e. The van der Waals surface area contributed by atoms with Crippen LogP contribution in [-0.4, -0.2) is 12.2 Å². The van der Waals surface area contributed by atoms with E-state index in [1.807, 2.05) is 0 Å². The fourth-order valence-corrected chi connectivity index (χ4v) is 13.5. The van der Waals surface area contributed by atoms with Gasteiger partial charge in [-0.05, 0) is 0 Å². The summed E-state index contributed by atoms with van der Waals surface area (Å²) in [6, 6.07) is 0. The molecule has 0 saturated carbocycles. The third-order valence-corrected chi connectivity index (χ3v) is 15.0. The normalized spacial score (nSPS) is 15.1. The summed E-state index contributed by atoms with van der Waals surface area (Å²) in [4.78, 5) is 0. The third kappa shape index (κ3) is 6.97. The summed E-state index contributed by atoms with van der Waals surface area (Å²) in [5.74, 6) is 0. The minimum absolute atomic E-state index is 0. The SMILES string of the molecule is CCC1=C(C)C[C]([Ti]([NH]C(C)(C)C)[SiH](C)C)=C1.Cl.Cl. The van der Waals surface area contributed by atoms with Gasteiger partial charge in [0, 0.05) is 0 Å². The van der Waals surface area contributed by atoms with Gasteiger partial charge in [-0.2, -0.15) is 0 Å². The molecule has 0 heterocycles. The Balaban J connectivity index is 0. The Morgan fingerprint density at radius 1 is 1.26 bits per heavy atom. The van der Waals surface area contributed by atoms with Crippen LogP contribution in [0, 0.1) is 0 Å². The van der Waals surface area contributed by atoms with Gasteiger partial charge in [0.05, 0.1) is 0 Å². The van der Waals surface area contributed by atoms with Crippen LogP contribution in [0.2, 0.25) is 13.1 Å². The van der Waals surface area contributed by atoms with Gasteiger partial charge in [0.2, 0.25) is 0 Å². The summed E-state index contributed by atoms with van der Waals surface area (Å²) < 4.78 is 5.80. The molecular weight excluding hydrogens is 329 g/mol. The molecule has 1 aliphatic rings. The van der Waals surface area contributed by atoms with Crippen molar-refractivity contribution in [1.82, 2.24) is 3.80 Å². The van der Waals surface area contributed by atoms with E-state index in [2.05, 4.69) is 57.6 Å². The molecule has 19 heavy (non-hydrogen) atoms. The van der Waals surface area contributed by atoms with Crippen LogP contribution in [0.1, 0.15) is 47.5 Å². The molecule has 5 heteroatoms. The quantitative estimate of drug-likeness (QED) is 0.715. The Morgan fingerprint density at radius 3 is 2.11 bits per heavy atom. The van der Waals surface area contributed by atoms with E-state index in [0.717, 1.165) is 0 Å². The first-order chi connectivity index (χ1) is 7.74. The molecule has 1 rings (SSSR count). The fourth-order valence-electron chi connectivity index (χ4n) is 2.36. The summed E-state index contributed by atoms with van der Waals surface area (Å²) >= 11 is -1.17. The molecule has 0 bridgehead atoms. The van der Waals surface area contributed by atoms with Crippen molar-refractivity contribution in [3.05, 3.63) is 21.1 Å². The molecule has 0 saturated heterocycles. The average molecular weight is 359 g/mol. The summed E-state index contributed by atoms with van der Waals surface area (Å²) in [5.41, 5.74) is 3.52. The Morgan fingerprint density at radius 2 is 1.79 bits per heavy atom. The number of nitrogens with one attached hydrogen (secondary N) is 1. The van der Waals surface area contributed by atoms with Crippen LogP contribution >= 0.6 is 24.8 Å². The van der Waals surface area contributed by atoms with Gasteiger partial charge >= 0.3 is 115 Å². The van der Waals surface area contributed by atoms with Crippen molar-refractivity contribution in [2.45, 2.75) is 66.1 Å². The summed E-state index contributed by atoms with van der Waals surface area (Å²) in [6.07, 6.45) is 5.01. The zero-order chi connectivity index (χ0) is 13.2. The minimum Gasteiger partial charge on any atom is -0.147 e. The van der Waals surface area contributed by atoms with Crippen molar-refractivity contribution >= 4 is 31.5 Å². The maximum atomic E-state index is 4.00. The van der Waals surface area contributed by atoms with Gasteiger partial charge < -0.3 is 0 Å².